The SMILES string of the molecule is COC1[C@H](C)CC(C)(C)[C@H](OC2OC(C)CC(N(C)C)C2O)[C@@H](C)[C@H](OC2CC(C)(OC)C(O)C(C)O2)[C@@H](C)C(=O)O[C@H](C)[C@H](C)C(=O)[C@H]1C. The van der Waals surface area contributed by atoms with Crippen molar-refractivity contribution in [3.8, 4) is 0 Å². The van der Waals surface area contributed by atoms with Crippen molar-refractivity contribution in [1.82, 2.24) is 4.90 Å². The smallest absolute Gasteiger partial charge is 0.311 e. The molecule has 292 valence electrons. The summed E-state index contributed by atoms with van der Waals surface area (Å²) in [7, 11) is 7.04. The summed E-state index contributed by atoms with van der Waals surface area (Å²) in [5.74, 6) is -2.92. The Bertz CT molecular complexity index is 1120. The topological polar surface area (TPSA) is 142 Å². The van der Waals surface area contributed by atoms with Crippen LogP contribution >= 0.6 is 0 Å². The molecule has 0 saturated carbocycles. The van der Waals surface area contributed by atoms with E-state index in [4.69, 9.17) is 33.2 Å². The average Bonchev–Trinajstić information content (AvgIpc) is 3.04. The molecule has 3 aliphatic rings. The predicted octanol–water partition coefficient (Wildman–Crippen LogP) is 4.21. The molecule has 3 heterocycles. The molecule has 0 aromatic rings. The molecule has 0 radical (unpaired) electrons. The molecule has 0 aromatic carbocycles. The normalized spacial score (nSPS) is 47.1. The van der Waals surface area contributed by atoms with E-state index < -0.39 is 96.0 Å². The Labute approximate surface area is 301 Å². The fraction of sp³-hybridized carbons (Fsp3) is 0.947. The van der Waals surface area contributed by atoms with E-state index in [1.54, 1.807) is 41.9 Å². The fourth-order valence-corrected chi connectivity index (χ4v) is 8.78. The number of likely N-dealkylation sites (N-methyl/N-ethyl adjacent to an activating group) is 1. The number of Topliss-reactive ketones (excluding diaryl/α,β-unsaturated/α-hetero) is 1. The number of ether oxygens (including phenoxy) is 7. The number of esters is 1. The number of aliphatic hydroxyl groups is 2. The van der Waals surface area contributed by atoms with Crippen molar-refractivity contribution in [2.75, 3.05) is 28.3 Å². The standard InChI is InChI=1S/C38H69NO11/c1-19-17-37(9,10)34(50-36-30(41)27(39(12)13)16-20(2)46-36)23(5)32(49-28-18-38(11,45-15)33(42)26(8)47-28)24(6)35(43)48-25(7)21(3)29(40)22(4)31(19)44-14/h19-28,30-34,36,41-42H,16-18H2,1-15H3/t19-,20?,21+,22-,23+,24-,25-,26?,27?,28?,30?,31?,32+,33?,34-,36?,38?/m1/s1. The molecule has 0 aromatic heterocycles. The minimum atomic E-state index is -0.951. The summed E-state index contributed by atoms with van der Waals surface area (Å²) in [5, 5.41) is 22.5. The Balaban J connectivity index is 2.16. The van der Waals surface area contributed by atoms with Crippen molar-refractivity contribution in [3.05, 3.63) is 0 Å². The molecule has 9 unspecified atom stereocenters. The monoisotopic (exact) mass is 715 g/mol. The highest BCUT2D eigenvalue weighted by Crippen LogP contribution is 2.44. The molecule has 3 fully saturated rings. The molecule has 2 N–H and O–H groups in total. The number of carbonyl (C=O) groups excluding carboxylic acids is 2. The van der Waals surface area contributed by atoms with E-state index in [2.05, 4.69) is 20.8 Å². The van der Waals surface area contributed by atoms with Gasteiger partial charge in [0.05, 0.1) is 48.0 Å². The first kappa shape index (κ1) is 43.2. The second-order valence-electron chi connectivity index (χ2n) is 16.8. The van der Waals surface area contributed by atoms with Crippen molar-refractivity contribution in [2.45, 2.75) is 168 Å². The summed E-state index contributed by atoms with van der Waals surface area (Å²) < 4.78 is 44.0. The molecule has 0 aliphatic carbocycles. The Morgan fingerprint density at radius 2 is 1.42 bits per heavy atom. The minimum absolute atomic E-state index is 0.0371. The lowest BCUT2D eigenvalue weighted by Crippen LogP contribution is -2.59. The van der Waals surface area contributed by atoms with Gasteiger partial charge in [0.15, 0.2) is 12.6 Å². The summed E-state index contributed by atoms with van der Waals surface area (Å²) in [4.78, 5) is 29.8. The van der Waals surface area contributed by atoms with Gasteiger partial charge < -0.3 is 48.3 Å². The van der Waals surface area contributed by atoms with E-state index in [-0.39, 0.29) is 30.3 Å². The van der Waals surface area contributed by atoms with Crippen molar-refractivity contribution in [2.24, 2.45) is 35.0 Å². The molecule has 0 spiro atoms. The van der Waals surface area contributed by atoms with Crippen LogP contribution in [0.1, 0.15) is 95.4 Å². The molecule has 3 rings (SSSR count). The molecule has 0 bridgehead atoms. The van der Waals surface area contributed by atoms with Crippen LogP contribution in [0.25, 0.3) is 0 Å². The van der Waals surface area contributed by atoms with Gasteiger partial charge in [-0.1, -0.05) is 41.5 Å². The third-order valence-electron chi connectivity index (χ3n) is 12.0. The average molecular weight is 716 g/mol. The van der Waals surface area contributed by atoms with Crippen molar-refractivity contribution >= 4 is 11.8 Å². The van der Waals surface area contributed by atoms with Crippen LogP contribution in [0.15, 0.2) is 0 Å². The predicted molar refractivity (Wildman–Crippen MR) is 188 cm³/mol. The molecule has 50 heavy (non-hydrogen) atoms. The zero-order valence-corrected chi connectivity index (χ0v) is 33.4. The molecular weight excluding hydrogens is 646 g/mol. The van der Waals surface area contributed by atoms with Gasteiger partial charge in [0, 0.05) is 38.5 Å². The number of aliphatic hydroxyl groups excluding tert-OH is 2. The van der Waals surface area contributed by atoms with Gasteiger partial charge in [0.25, 0.3) is 0 Å². The largest absolute Gasteiger partial charge is 0.462 e. The Morgan fingerprint density at radius 3 is 1.98 bits per heavy atom. The number of ketones is 1. The van der Waals surface area contributed by atoms with Crippen LogP contribution in [0, 0.1) is 35.0 Å². The maximum atomic E-state index is 14.0. The van der Waals surface area contributed by atoms with Gasteiger partial charge in [-0.25, -0.2) is 0 Å². The minimum Gasteiger partial charge on any atom is -0.462 e. The van der Waals surface area contributed by atoms with Gasteiger partial charge in [-0.3, -0.25) is 9.59 Å². The van der Waals surface area contributed by atoms with E-state index in [9.17, 15) is 19.8 Å². The maximum Gasteiger partial charge on any atom is 0.311 e. The number of nitrogens with zero attached hydrogens (tertiary/aromatic N) is 1. The van der Waals surface area contributed by atoms with E-state index in [1.165, 1.54) is 0 Å². The van der Waals surface area contributed by atoms with Crippen LogP contribution in [0.4, 0.5) is 0 Å². The number of cyclic esters (lactones) is 1. The lowest BCUT2D eigenvalue weighted by Gasteiger charge is -2.49. The van der Waals surface area contributed by atoms with Gasteiger partial charge in [0.2, 0.25) is 0 Å². The van der Waals surface area contributed by atoms with Gasteiger partial charge in [-0.2, -0.15) is 0 Å². The van der Waals surface area contributed by atoms with Gasteiger partial charge in [0.1, 0.15) is 24.1 Å². The second-order valence-corrected chi connectivity index (χ2v) is 16.8. The fourth-order valence-electron chi connectivity index (χ4n) is 8.78. The molecule has 3 saturated heterocycles. The van der Waals surface area contributed by atoms with Gasteiger partial charge >= 0.3 is 5.97 Å². The quantitative estimate of drug-likeness (QED) is 0.365. The number of hydrogen-bond acceptors (Lipinski definition) is 12. The molecule has 3 aliphatic heterocycles. The van der Waals surface area contributed by atoms with Crippen LogP contribution in [0.5, 0.6) is 0 Å². The highest BCUT2D eigenvalue weighted by molar-refractivity contribution is 5.84. The number of rotatable bonds is 7. The first-order chi connectivity index (χ1) is 23.1. The van der Waals surface area contributed by atoms with E-state index in [1.807, 2.05) is 46.7 Å². The third kappa shape index (κ3) is 9.46. The van der Waals surface area contributed by atoms with Crippen LogP contribution < -0.4 is 0 Å². The molecule has 12 heteroatoms. The molecule has 17 atom stereocenters. The van der Waals surface area contributed by atoms with Crippen molar-refractivity contribution < 1.29 is 53.0 Å². The first-order valence-electron chi connectivity index (χ1n) is 18.6. The first-order valence-corrected chi connectivity index (χ1v) is 18.6. The summed E-state index contributed by atoms with van der Waals surface area (Å²) in [6.07, 6.45) is -5.45. The maximum absolute atomic E-state index is 14.0. The summed E-state index contributed by atoms with van der Waals surface area (Å²) in [6, 6.07) is -0.191. The number of methoxy groups -OCH3 is 2. The van der Waals surface area contributed by atoms with Gasteiger partial charge in [-0.05, 0) is 72.9 Å². The van der Waals surface area contributed by atoms with Crippen LogP contribution in [-0.4, -0.2) is 128 Å². The second kappa shape index (κ2) is 17.3. The van der Waals surface area contributed by atoms with Gasteiger partial charge in [-0.15, -0.1) is 0 Å². The number of carbonyl (C=O) groups is 2. The third-order valence-corrected chi connectivity index (χ3v) is 12.0. The Kier molecular flexibility index (Phi) is 14.9. The molecule has 0 amide bonds. The lowest BCUT2D eigenvalue weighted by molar-refractivity contribution is -0.313. The van der Waals surface area contributed by atoms with Crippen LogP contribution in [0.3, 0.4) is 0 Å². The van der Waals surface area contributed by atoms with Crippen LogP contribution in [-0.2, 0) is 42.7 Å². The highest BCUT2D eigenvalue weighted by Gasteiger charge is 2.51. The van der Waals surface area contributed by atoms with Crippen molar-refractivity contribution in [3.63, 3.8) is 0 Å². The van der Waals surface area contributed by atoms with E-state index >= 15 is 0 Å². The summed E-state index contributed by atoms with van der Waals surface area (Å²) in [5.41, 5.74) is -1.56. The zero-order chi connectivity index (χ0) is 38.0. The number of hydrogen-bond donors (Lipinski definition) is 2. The van der Waals surface area contributed by atoms with Crippen LogP contribution in [0.2, 0.25) is 0 Å². The molecule has 12 nitrogen and oxygen atoms in total. The Morgan fingerprint density at radius 1 is 0.800 bits per heavy atom. The highest BCUT2D eigenvalue weighted by atomic mass is 16.7. The Hall–Kier alpha value is -1.22. The lowest BCUT2D eigenvalue weighted by atomic mass is 9.69. The molecular formula is C38H69NO11. The van der Waals surface area contributed by atoms with Crippen molar-refractivity contribution in [1.29, 1.82) is 0 Å². The zero-order valence-electron chi connectivity index (χ0n) is 33.4. The summed E-state index contributed by atoms with van der Waals surface area (Å²) in [6.45, 7) is 21.0. The van der Waals surface area contributed by atoms with E-state index in [0.717, 1.165) is 0 Å². The summed E-state index contributed by atoms with van der Waals surface area (Å²) >= 11 is 0. The van der Waals surface area contributed by atoms with E-state index in [0.29, 0.717) is 12.8 Å².